The number of benzene rings is 2. The van der Waals surface area contributed by atoms with Crippen molar-refractivity contribution in [2.45, 2.75) is 11.7 Å². The van der Waals surface area contributed by atoms with E-state index in [0.717, 1.165) is 17.0 Å². The summed E-state index contributed by atoms with van der Waals surface area (Å²) in [7, 11) is 29.7. The first-order chi connectivity index (χ1) is 16.4. The van der Waals surface area contributed by atoms with E-state index in [1.165, 1.54) is 18.2 Å². The molecule has 35 heavy (non-hydrogen) atoms. The maximum atomic E-state index is 13.5. The highest BCUT2D eigenvalue weighted by Gasteiger charge is 2.37. The summed E-state index contributed by atoms with van der Waals surface area (Å²) in [5.41, 5.74) is 0.834. The normalized spacial score (nSPS) is 14.1. The minimum absolute atomic E-state index is 0.0210. The van der Waals surface area contributed by atoms with Gasteiger partial charge in [0.1, 0.15) is 63.2 Å². The van der Waals surface area contributed by atoms with Gasteiger partial charge in [-0.25, -0.2) is 9.97 Å². The fourth-order valence-electron chi connectivity index (χ4n) is 3.50. The van der Waals surface area contributed by atoms with Crippen LogP contribution in [0.4, 0.5) is 13.2 Å². The predicted octanol–water partition coefficient (Wildman–Crippen LogP) is -0.594. The van der Waals surface area contributed by atoms with E-state index in [4.69, 9.17) is 44.0 Å². The monoisotopic (exact) mass is 465 g/mol. The summed E-state index contributed by atoms with van der Waals surface area (Å²) in [5, 5.41) is -2.02. The molecule has 10 radical (unpaired) electrons. The first-order valence-electron chi connectivity index (χ1n) is 10.1. The number of hydrogen-bond donors (Lipinski definition) is 0. The van der Waals surface area contributed by atoms with Crippen molar-refractivity contribution in [2.75, 3.05) is 13.2 Å². The topological polar surface area (TPSA) is 64.6 Å². The minimum Gasteiger partial charge on any atom is -0.491 e. The van der Waals surface area contributed by atoms with Gasteiger partial charge in [-0.15, -0.1) is 13.2 Å². The predicted molar refractivity (Wildman–Crippen MR) is 126 cm³/mol. The van der Waals surface area contributed by atoms with Gasteiger partial charge in [0.15, 0.2) is 0 Å². The maximum Gasteiger partial charge on any atom is 0.573 e. The van der Waals surface area contributed by atoms with E-state index in [1.54, 1.807) is 12.1 Å². The molecule has 14 heteroatoms. The van der Waals surface area contributed by atoms with E-state index in [2.05, 4.69) is 14.7 Å². The molecule has 4 rings (SSSR count). The van der Waals surface area contributed by atoms with Gasteiger partial charge >= 0.3 is 6.36 Å². The van der Waals surface area contributed by atoms with Crippen LogP contribution >= 0.6 is 0 Å². The van der Waals surface area contributed by atoms with Crippen molar-refractivity contribution in [1.82, 2.24) is 14.9 Å². The van der Waals surface area contributed by atoms with E-state index >= 15 is 0 Å². The third kappa shape index (κ3) is 5.06. The van der Waals surface area contributed by atoms with Crippen LogP contribution in [0, 0.1) is 0 Å². The Hall–Kier alpha value is -3.30. The van der Waals surface area contributed by atoms with Gasteiger partial charge in [-0.1, -0.05) is 23.7 Å². The molecule has 0 spiro atoms. The maximum absolute atomic E-state index is 13.5. The number of hydrogen-bond acceptors (Lipinski definition) is 5. The number of rotatable bonds is 4. The summed E-state index contributed by atoms with van der Waals surface area (Å²) in [6, 6.07) is 9.91. The van der Waals surface area contributed by atoms with Crippen LogP contribution in [-0.2, 0) is 5.34 Å². The van der Waals surface area contributed by atoms with Gasteiger partial charge in [0.2, 0.25) is 0 Å². The Bertz CT molecular complexity index is 1270. The van der Waals surface area contributed by atoms with Crippen molar-refractivity contribution >= 4 is 61.8 Å². The van der Waals surface area contributed by atoms with E-state index in [1.807, 2.05) is 0 Å². The number of amides is 1. The van der Waals surface area contributed by atoms with Gasteiger partial charge in [-0.3, -0.25) is 4.79 Å². The lowest BCUT2D eigenvalue weighted by atomic mass is 9.59. The molecule has 0 saturated carbocycles. The largest absolute Gasteiger partial charge is 0.573 e. The lowest BCUT2D eigenvalue weighted by Gasteiger charge is -2.38. The van der Waals surface area contributed by atoms with E-state index in [9.17, 15) is 18.0 Å². The fraction of sp³-hybridized carbons (Fsp3) is 0.190. The average molecular weight is 464 g/mol. The van der Waals surface area contributed by atoms with E-state index in [-0.39, 0.29) is 52.7 Å². The second kappa shape index (κ2) is 9.05. The van der Waals surface area contributed by atoms with Crippen LogP contribution < -0.4 is 26.1 Å². The number of carbonyl (C=O) groups is 1. The van der Waals surface area contributed by atoms with Gasteiger partial charge in [-0.2, -0.15) is 0 Å². The minimum atomic E-state index is -4.81. The number of nitrogens with zero attached hydrogens (tertiary/aromatic N) is 3. The van der Waals surface area contributed by atoms with Crippen molar-refractivity contribution in [3.05, 3.63) is 53.9 Å². The Morgan fingerprint density at radius 3 is 2.14 bits per heavy atom. The van der Waals surface area contributed by atoms with Crippen LogP contribution in [0.25, 0.3) is 11.1 Å². The molecule has 0 fully saturated rings. The van der Waals surface area contributed by atoms with Gasteiger partial charge in [-0.05, 0) is 46.6 Å². The van der Waals surface area contributed by atoms with E-state index in [0.29, 0.717) is 11.1 Å². The zero-order valence-electron chi connectivity index (χ0n) is 18.0. The molecule has 2 aromatic carbocycles. The van der Waals surface area contributed by atoms with Gasteiger partial charge in [0, 0.05) is 5.34 Å². The summed E-state index contributed by atoms with van der Waals surface area (Å²) < 4.78 is 46.9. The second-order valence-corrected chi connectivity index (χ2v) is 7.65. The summed E-state index contributed by atoms with van der Waals surface area (Å²) >= 11 is 0. The second-order valence-electron chi connectivity index (χ2n) is 7.65. The Labute approximate surface area is 205 Å². The highest BCUT2D eigenvalue weighted by molar-refractivity contribution is 6.55. The third-order valence-electron chi connectivity index (χ3n) is 5.26. The fourth-order valence-corrected chi connectivity index (χ4v) is 3.50. The van der Waals surface area contributed by atoms with Crippen molar-refractivity contribution in [3.63, 3.8) is 0 Å². The Balaban J connectivity index is 1.68. The molecule has 1 amide bonds. The van der Waals surface area contributed by atoms with Crippen LogP contribution in [0.15, 0.2) is 42.5 Å². The summed E-state index contributed by atoms with van der Waals surface area (Å²) in [5.74, 6) is -0.931. The molecule has 0 aliphatic carbocycles. The summed E-state index contributed by atoms with van der Waals surface area (Å²) in [6.07, 6.45) is -4.81. The highest BCUT2D eigenvalue weighted by atomic mass is 19.4. The number of aromatic nitrogens is 2. The molecule has 0 N–H and O–H groups in total. The molecule has 164 valence electrons. The lowest BCUT2D eigenvalue weighted by molar-refractivity contribution is -0.274. The quantitative estimate of drug-likeness (QED) is 0.483. The summed E-state index contributed by atoms with van der Waals surface area (Å²) in [4.78, 5) is 22.6. The number of ether oxygens (including phenoxy) is 2. The SMILES string of the molecule is [B]c1nc(C([B])([B])N2CCOc3ccc(-c4ccc(OC(F)(F)F)cc4)cc3C2=O)nc([B])c1[B]. The first kappa shape index (κ1) is 24.8. The van der Waals surface area contributed by atoms with Gasteiger partial charge < -0.3 is 14.4 Å². The Kier molecular flexibility index (Phi) is 6.42. The smallest absolute Gasteiger partial charge is 0.491 e. The number of fused-ring (bicyclic) bond motifs is 1. The van der Waals surface area contributed by atoms with Crippen molar-refractivity contribution in [3.8, 4) is 22.6 Å². The zero-order valence-corrected chi connectivity index (χ0v) is 18.0. The molecular formula is C21H11B5F3N3O3. The lowest BCUT2D eigenvalue weighted by Crippen LogP contribution is -2.55. The Morgan fingerprint density at radius 1 is 0.943 bits per heavy atom. The zero-order chi connectivity index (χ0) is 25.5. The first-order valence-corrected chi connectivity index (χ1v) is 10.1. The molecule has 2 heterocycles. The van der Waals surface area contributed by atoms with Crippen molar-refractivity contribution < 1.29 is 27.4 Å². The van der Waals surface area contributed by atoms with Crippen LogP contribution in [0.2, 0.25) is 0 Å². The van der Waals surface area contributed by atoms with Crippen molar-refractivity contribution in [2.24, 2.45) is 0 Å². The van der Waals surface area contributed by atoms with Crippen LogP contribution in [-0.4, -0.2) is 79.5 Å². The molecular weight excluding hydrogens is 453 g/mol. The Morgan fingerprint density at radius 2 is 1.54 bits per heavy atom. The van der Waals surface area contributed by atoms with Gasteiger partial charge in [0.25, 0.3) is 5.91 Å². The number of halogens is 3. The molecule has 1 aliphatic heterocycles. The molecule has 1 aromatic heterocycles. The van der Waals surface area contributed by atoms with Crippen LogP contribution in [0.3, 0.4) is 0 Å². The highest BCUT2D eigenvalue weighted by Crippen LogP contribution is 2.33. The molecule has 3 aromatic rings. The van der Waals surface area contributed by atoms with E-state index < -0.39 is 17.6 Å². The van der Waals surface area contributed by atoms with Crippen molar-refractivity contribution in [1.29, 1.82) is 0 Å². The summed E-state index contributed by atoms with van der Waals surface area (Å²) in [6.45, 7) is 0.0323. The van der Waals surface area contributed by atoms with Crippen LogP contribution in [0.1, 0.15) is 16.2 Å². The van der Waals surface area contributed by atoms with Crippen LogP contribution in [0.5, 0.6) is 11.5 Å². The molecule has 0 saturated heterocycles. The number of alkyl halides is 3. The molecule has 0 bridgehead atoms. The molecule has 1 aliphatic rings. The average Bonchev–Trinajstić information content (AvgIpc) is 2.95. The van der Waals surface area contributed by atoms with Gasteiger partial charge in [0.05, 0.1) is 12.1 Å². The third-order valence-corrected chi connectivity index (χ3v) is 5.26. The number of carbonyl (C=O) groups excluding carboxylic acids is 1. The molecule has 0 unspecified atom stereocenters. The molecule has 6 nitrogen and oxygen atoms in total. The standard InChI is InChI=1S/C21H11B5F3N3O3/c22-15-16(23)30-19(31-17(15)24)20(25,26)32-7-8-34-14-6-3-11(9-13(14)18(32)33)10-1-4-12(5-2-10)35-21(27,28)29/h1-6,9H,7-8H2. The molecule has 0 atom stereocenters.